The van der Waals surface area contributed by atoms with Crippen LogP contribution in [0, 0.1) is 0 Å². The predicted octanol–water partition coefficient (Wildman–Crippen LogP) is 23.4. The predicted molar refractivity (Wildman–Crippen MR) is 348 cm³/mol. The van der Waals surface area contributed by atoms with Gasteiger partial charge in [0.1, 0.15) is 13.2 Å². The average molecular weight is 1110 g/mol. The van der Waals surface area contributed by atoms with Crippen molar-refractivity contribution in [3.05, 3.63) is 109 Å². The van der Waals surface area contributed by atoms with Crippen molar-refractivity contribution in [3.63, 3.8) is 0 Å². The molecule has 0 aromatic carbocycles. The van der Waals surface area contributed by atoms with E-state index >= 15 is 0 Å². The Morgan fingerprint density at radius 2 is 0.500 bits per heavy atom. The Balaban J connectivity index is 4.38. The van der Waals surface area contributed by atoms with Gasteiger partial charge in [-0.15, -0.1) is 0 Å². The van der Waals surface area contributed by atoms with E-state index in [1.807, 2.05) is 0 Å². The minimum atomic E-state index is -0.794. The second-order valence-corrected chi connectivity index (χ2v) is 22.4. The topological polar surface area (TPSA) is 78.9 Å². The molecule has 80 heavy (non-hydrogen) atoms. The molecule has 1 unspecified atom stereocenters. The van der Waals surface area contributed by atoms with Gasteiger partial charge < -0.3 is 14.2 Å². The molecule has 0 spiro atoms. The van der Waals surface area contributed by atoms with Crippen molar-refractivity contribution < 1.29 is 28.6 Å². The molecule has 0 bridgehead atoms. The van der Waals surface area contributed by atoms with E-state index in [-0.39, 0.29) is 31.1 Å². The third-order valence-corrected chi connectivity index (χ3v) is 14.5. The fraction of sp³-hybridized carbons (Fsp3) is 0.716. The van der Waals surface area contributed by atoms with Crippen LogP contribution in [-0.2, 0) is 28.6 Å². The standard InChI is InChI=1S/C74H126O6/c1-4-7-10-13-16-19-22-25-28-30-32-34-35-36-37-38-39-41-42-44-46-49-52-55-58-61-64-67-73(76)79-70-71(69-78-72(75)66-63-60-57-54-51-48-27-24-21-18-15-12-9-6-3)80-74(77)68-65-62-59-56-53-50-47-45-43-40-33-31-29-26-23-20-17-14-11-8-5-2/h7,10,15-16,18-19,24-25,27-28,32,34,36-37,39,41,44,46,71H,4-6,8-9,11-14,17,20-23,26,29-31,33,35,38,40,42-43,45,47-70H2,1-3H3/b10-7-,18-15-,19-16-,27-24-,28-25-,34-32-,37-36-,41-39-,46-44-. The third kappa shape index (κ3) is 64.9. The summed E-state index contributed by atoms with van der Waals surface area (Å²) in [7, 11) is 0. The summed E-state index contributed by atoms with van der Waals surface area (Å²) in [6.45, 7) is 6.49. The molecule has 6 nitrogen and oxygen atoms in total. The monoisotopic (exact) mass is 1110 g/mol. The Bertz CT molecular complexity index is 1610. The summed E-state index contributed by atoms with van der Waals surface area (Å²) >= 11 is 0. The second-order valence-electron chi connectivity index (χ2n) is 22.4. The van der Waals surface area contributed by atoms with E-state index < -0.39 is 6.10 Å². The first-order valence-electron chi connectivity index (χ1n) is 33.9. The molecule has 0 aromatic rings. The number of ether oxygens (including phenoxy) is 3. The van der Waals surface area contributed by atoms with Gasteiger partial charge in [0.05, 0.1) is 0 Å². The van der Waals surface area contributed by atoms with Crippen LogP contribution in [0.4, 0.5) is 0 Å². The molecular weight excluding hydrogens is 985 g/mol. The van der Waals surface area contributed by atoms with E-state index in [2.05, 4.69) is 130 Å². The summed E-state index contributed by atoms with van der Waals surface area (Å²) in [6.07, 6.45) is 92.4. The van der Waals surface area contributed by atoms with Crippen LogP contribution in [0.5, 0.6) is 0 Å². The first-order chi connectivity index (χ1) is 39.5. The van der Waals surface area contributed by atoms with Crippen molar-refractivity contribution in [1.29, 1.82) is 0 Å². The first-order valence-corrected chi connectivity index (χ1v) is 33.9. The Labute approximate surface area is 495 Å². The zero-order valence-electron chi connectivity index (χ0n) is 52.6. The molecule has 0 saturated heterocycles. The highest BCUT2D eigenvalue weighted by atomic mass is 16.6. The SMILES string of the molecule is CC/C=C\C/C=C\C/C=C\C/C=C\C/C=C\C/C=C\C/C=C\CCCCCCCC(=O)OCC(COC(=O)CCCCCCC/C=C\C/C=C\CCCC)OC(=O)CCCCCCCCCCCCCCCCCCCCCCC. The van der Waals surface area contributed by atoms with Gasteiger partial charge in [-0.1, -0.05) is 310 Å². The summed E-state index contributed by atoms with van der Waals surface area (Å²) < 4.78 is 16.9. The van der Waals surface area contributed by atoms with Crippen LogP contribution in [0.25, 0.3) is 0 Å². The summed E-state index contributed by atoms with van der Waals surface area (Å²) in [5.41, 5.74) is 0. The van der Waals surface area contributed by atoms with Crippen molar-refractivity contribution in [2.75, 3.05) is 13.2 Å². The molecule has 0 aliphatic heterocycles. The largest absolute Gasteiger partial charge is 0.462 e. The van der Waals surface area contributed by atoms with Gasteiger partial charge in [0.15, 0.2) is 6.10 Å². The van der Waals surface area contributed by atoms with Crippen LogP contribution in [0.3, 0.4) is 0 Å². The lowest BCUT2D eigenvalue weighted by atomic mass is 10.0. The van der Waals surface area contributed by atoms with Crippen molar-refractivity contribution in [1.82, 2.24) is 0 Å². The minimum absolute atomic E-state index is 0.0902. The maximum atomic E-state index is 12.9. The molecule has 0 heterocycles. The molecule has 0 aliphatic rings. The van der Waals surface area contributed by atoms with Gasteiger partial charge in [0, 0.05) is 19.3 Å². The molecule has 458 valence electrons. The van der Waals surface area contributed by atoms with Crippen molar-refractivity contribution in [3.8, 4) is 0 Å². The molecule has 1 atom stereocenters. The van der Waals surface area contributed by atoms with Gasteiger partial charge in [-0.3, -0.25) is 14.4 Å². The fourth-order valence-corrected chi connectivity index (χ4v) is 9.44. The van der Waals surface area contributed by atoms with E-state index in [4.69, 9.17) is 14.2 Å². The average Bonchev–Trinajstić information content (AvgIpc) is 3.46. The zero-order valence-corrected chi connectivity index (χ0v) is 52.6. The lowest BCUT2D eigenvalue weighted by molar-refractivity contribution is -0.167. The molecule has 6 heteroatoms. The van der Waals surface area contributed by atoms with E-state index in [1.165, 1.54) is 135 Å². The quantitative estimate of drug-likeness (QED) is 0.0261. The summed E-state index contributed by atoms with van der Waals surface area (Å²) in [6, 6.07) is 0. The number of rotatable bonds is 61. The van der Waals surface area contributed by atoms with E-state index in [0.29, 0.717) is 19.3 Å². The molecule has 0 N–H and O–H groups in total. The molecule has 0 fully saturated rings. The molecule has 0 aliphatic carbocycles. The van der Waals surface area contributed by atoms with Gasteiger partial charge in [-0.25, -0.2) is 0 Å². The highest BCUT2D eigenvalue weighted by Gasteiger charge is 2.19. The zero-order chi connectivity index (χ0) is 57.8. The number of hydrogen-bond acceptors (Lipinski definition) is 6. The summed E-state index contributed by atoms with van der Waals surface area (Å²) in [4.78, 5) is 38.4. The fourth-order valence-electron chi connectivity index (χ4n) is 9.44. The highest BCUT2D eigenvalue weighted by molar-refractivity contribution is 5.71. The van der Waals surface area contributed by atoms with E-state index in [0.717, 1.165) is 148 Å². The lowest BCUT2D eigenvalue weighted by Crippen LogP contribution is -2.30. The van der Waals surface area contributed by atoms with Crippen molar-refractivity contribution in [2.45, 2.75) is 329 Å². The van der Waals surface area contributed by atoms with Crippen LogP contribution in [-0.4, -0.2) is 37.2 Å². The van der Waals surface area contributed by atoms with Gasteiger partial charge >= 0.3 is 17.9 Å². The highest BCUT2D eigenvalue weighted by Crippen LogP contribution is 2.17. The summed E-state index contributed by atoms with van der Waals surface area (Å²) in [5, 5.41) is 0. The Morgan fingerprint density at radius 1 is 0.263 bits per heavy atom. The second kappa shape index (κ2) is 67.6. The smallest absolute Gasteiger partial charge is 0.306 e. The number of unbranched alkanes of at least 4 members (excludes halogenated alkanes) is 32. The van der Waals surface area contributed by atoms with Gasteiger partial charge in [-0.05, 0) is 103 Å². The lowest BCUT2D eigenvalue weighted by Gasteiger charge is -2.18. The number of carbonyl (C=O) groups is 3. The Morgan fingerprint density at radius 3 is 0.800 bits per heavy atom. The Kier molecular flexibility index (Phi) is 64.3. The molecule has 0 radical (unpaired) electrons. The van der Waals surface area contributed by atoms with Crippen LogP contribution in [0.2, 0.25) is 0 Å². The number of allylic oxidation sites excluding steroid dienone is 18. The molecule has 0 saturated carbocycles. The maximum absolute atomic E-state index is 12.9. The maximum Gasteiger partial charge on any atom is 0.306 e. The molecule has 0 rings (SSSR count). The van der Waals surface area contributed by atoms with Gasteiger partial charge in [0.2, 0.25) is 0 Å². The number of hydrogen-bond donors (Lipinski definition) is 0. The molecular formula is C74H126O6. The van der Waals surface area contributed by atoms with Gasteiger partial charge in [0.25, 0.3) is 0 Å². The van der Waals surface area contributed by atoms with Crippen LogP contribution in [0.15, 0.2) is 109 Å². The number of carbonyl (C=O) groups excluding carboxylic acids is 3. The number of esters is 3. The van der Waals surface area contributed by atoms with Crippen LogP contribution >= 0.6 is 0 Å². The third-order valence-electron chi connectivity index (χ3n) is 14.5. The van der Waals surface area contributed by atoms with E-state index in [1.54, 1.807) is 0 Å². The van der Waals surface area contributed by atoms with Crippen LogP contribution < -0.4 is 0 Å². The van der Waals surface area contributed by atoms with Crippen molar-refractivity contribution in [2.24, 2.45) is 0 Å². The van der Waals surface area contributed by atoms with Crippen LogP contribution in [0.1, 0.15) is 323 Å². The summed E-state index contributed by atoms with van der Waals surface area (Å²) in [5.74, 6) is -0.910. The van der Waals surface area contributed by atoms with Crippen molar-refractivity contribution >= 4 is 17.9 Å². The Hall–Kier alpha value is -3.93. The molecule has 0 amide bonds. The van der Waals surface area contributed by atoms with Gasteiger partial charge in [-0.2, -0.15) is 0 Å². The van der Waals surface area contributed by atoms with E-state index in [9.17, 15) is 14.4 Å². The normalized spacial score (nSPS) is 12.8. The molecule has 0 aromatic heterocycles. The minimum Gasteiger partial charge on any atom is -0.462 e. The first kappa shape index (κ1) is 76.1.